The lowest BCUT2D eigenvalue weighted by atomic mass is 10.1. The first-order valence-corrected chi connectivity index (χ1v) is 7.36. The van der Waals surface area contributed by atoms with Gasteiger partial charge in [0.15, 0.2) is 9.84 Å². The normalized spacial score (nSPS) is 12.8. The zero-order chi connectivity index (χ0) is 12.9. The molecule has 1 aromatic rings. The van der Waals surface area contributed by atoms with Gasteiger partial charge in [0.05, 0.1) is 4.90 Å². The summed E-state index contributed by atoms with van der Waals surface area (Å²) in [5.41, 5.74) is 0.888. The molecule has 1 atom stereocenters. The van der Waals surface area contributed by atoms with Crippen LogP contribution in [0.25, 0.3) is 0 Å². The van der Waals surface area contributed by atoms with E-state index in [4.69, 9.17) is 6.42 Å². The van der Waals surface area contributed by atoms with E-state index in [-0.39, 0.29) is 6.04 Å². The molecule has 0 amide bonds. The zero-order valence-electron chi connectivity index (χ0n) is 10.1. The maximum Gasteiger partial charge on any atom is 0.175 e. The van der Waals surface area contributed by atoms with Crippen LogP contribution in [-0.4, -0.2) is 20.7 Å². The van der Waals surface area contributed by atoms with Crippen molar-refractivity contribution in [1.82, 2.24) is 0 Å². The average molecular weight is 251 g/mol. The Morgan fingerprint density at radius 3 is 2.35 bits per heavy atom. The maximum absolute atomic E-state index is 11.3. The molecule has 17 heavy (non-hydrogen) atoms. The molecule has 0 spiro atoms. The molecule has 92 valence electrons. The van der Waals surface area contributed by atoms with Crippen LogP contribution in [0.15, 0.2) is 29.2 Å². The van der Waals surface area contributed by atoms with Crippen molar-refractivity contribution in [1.29, 1.82) is 0 Å². The van der Waals surface area contributed by atoms with Crippen LogP contribution < -0.4 is 5.32 Å². The molecule has 0 aliphatic carbocycles. The number of anilines is 1. The first-order valence-electron chi connectivity index (χ1n) is 5.47. The Kier molecular flexibility index (Phi) is 4.59. The minimum absolute atomic E-state index is 0.226. The molecule has 0 saturated carbocycles. The van der Waals surface area contributed by atoms with Crippen molar-refractivity contribution in [3.05, 3.63) is 24.3 Å². The second-order valence-corrected chi connectivity index (χ2v) is 5.97. The predicted octanol–water partition coefficient (Wildman–Crippen LogP) is 2.30. The molecule has 0 aliphatic rings. The lowest BCUT2D eigenvalue weighted by molar-refractivity contribution is 0.602. The van der Waals surface area contributed by atoms with Crippen LogP contribution in [0.4, 0.5) is 5.69 Å². The summed E-state index contributed by atoms with van der Waals surface area (Å²) < 4.78 is 22.6. The standard InChI is InChI=1S/C13H17NO2S/c1-4-6-11(5-2)14-12-7-9-13(10-8-12)17(3,15)16/h1,7-11,14H,5-6H2,2-3H3. The fourth-order valence-electron chi connectivity index (χ4n) is 1.47. The third kappa shape index (κ3) is 4.12. The highest BCUT2D eigenvalue weighted by atomic mass is 32.2. The summed E-state index contributed by atoms with van der Waals surface area (Å²) >= 11 is 0. The Hall–Kier alpha value is -1.47. The number of sulfone groups is 1. The van der Waals surface area contributed by atoms with Crippen molar-refractivity contribution < 1.29 is 8.42 Å². The molecular formula is C13H17NO2S. The molecule has 3 nitrogen and oxygen atoms in total. The fraction of sp³-hybridized carbons (Fsp3) is 0.385. The lowest BCUT2D eigenvalue weighted by Gasteiger charge is -2.15. The monoisotopic (exact) mass is 251 g/mol. The van der Waals surface area contributed by atoms with E-state index in [1.54, 1.807) is 24.3 Å². The van der Waals surface area contributed by atoms with Gasteiger partial charge in [0.2, 0.25) is 0 Å². The quantitative estimate of drug-likeness (QED) is 0.817. The minimum atomic E-state index is -3.12. The summed E-state index contributed by atoms with van der Waals surface area (Å²) in [6, 6.07) is 6.94. The largest absolute Gasteiger partial charge is 0.381 e. The van der Waals surface area contributed by atoms with Crippen LogP contribution in [0, 0.1) is 12.3 Å². The van der Waals surface area contributed by atoms with E-state index in [0.717, 1.165) is 12.1 Å². The highest BCUT2D eigenvalue weighted by Crippen LogP contribution is 2.16. The summed E-state index contributed by atoms with van der Waals surface area (Å²) in [4.78, 5) is 0.327. The fourth-order valence-corrected chi connectivity index (χ4v) is 2.10. The summed E-state index contributed by atoms with van der Waals surface area (Å²) in [5, 5.41) is 3.27. The van der Waals surface area contributed by atoms with Gasteiger partial charge in [-0.2, -0.15) is 0 Å². The third-order valence-corrected chi connectivity index (χ3v) is 3.64. The summed E-state index contributed by atoms with van der Waals surface area (Å²) in [6.07, 6.45) is 8.05. The molecule has 0 fully saturated rings. The van der Waals surface area contributed by atoms with E-state index in [1.807, 2.05) is 0 Å². The van der Waals surface area contributed by atoms with Gasteiger partial charge < -0.3 is 5.32 Å². The Balaban J connectivity index is 2.79. The number of rotatable bonds is 5. The van der Waals surface area contributed by atoms with E-state index in [9.17, 15) is 8.42 Å². The molecule has 4 heteroatoms. The zero-order valence-corrected chi connectivity index (χ0v) is 10.9. The van der Waals surface area contributed by atoms with Crippen molar-refractivity contribution >= 4 is 15.5 Å². The molecule has 0 aliphatic heterocycles. The molecule has 1 unspecified atom stereocenters. The Morgan fingerprint density at radius 2 is 1.94 bits per heavy atom. The van der Waals surface area contributed by atoms with Crippen molar-refractivity contribution in [2.45, 2.75) is 30.7 Å². The molecule has 0 heterocycles. The smallest absolute Gasteiger partial charge is 0.175 e. The number of hydrogen-bond donors (Lipinski definition) is 1. The minimum Gasteiger partial charge on any atom is -0.381 e. The molecule has 0 radical (unpaired) electrons. The van der Waals surface area contributed by atoms with E-state index < -0.39 is 9.84 Å². The van der Waals surface area contributed by atoms with Gasteiger partial charge >= 0.3 is 0 Å². The Bertz CT molecular complexity index is 497. The number of terminal acetylenes is 1. The first kappa shape index (κ1) is 13.6. The van der Waals surface area contributed by atoms with Crippen LogP contribution in [0.5, 0.6) is 0 Å². The molecule has 0 aromatic heterocycles. The van der Waals surface area contributed by atoms with Crippen LogP contribution in [0.3, 0.4) is 0 Å². The third-order valence-electron chi connectivity index (χ3n) is 2.51. The van der Waals surface area contributed by atoms with E-state index in [0.29, 0.717) is 11.3 Å². The van der Waals surface area contributed by atoms with Crippen molar-refractivity contribution in [2.75, 3.05) is 11.6 Å². The highest BCUT2D eigenvalue weighted by Gasteiger charge is 2.08. The van der Waals surface area contributed by atoms with Crippen molar-refractivity contribution in [3.63, 3.8) is 0 Å². The van der Waals surface area contributed by atoms with Crippen LogP contribution >= 0.6 is 0 Å². The number of benzene rings is 1. The topological polar surface area (TPSA) is 46.2 Å². The lowest BCUT2D eigenvalue weighted by Crippen LogP contribution is -2.17. The maximum atomic E-state index is 11.3. The molecule has 0 bridgehead atoms. The average Bonchev–Trinajstić information content (AvgIpc) is 2.28. The molecular weight excluding hydrogens is 234 g/mol. The summed E-state index contributed by atoms with van der Waals surface area (Å²) in [7, 11) is -3.12. The van der Waals surface area contributed by atoms with Crippen LogP contribution in [-0.2, 0) is 9.84 Å². The van der Waals surface area contributed by atoms with Crippen LogP contribution in [0.1, 0.15) is 19.8 Å². The summed E-state index contributed by atoms with van der Waals surface area (Å²) in [6.45, 7) is 2.06. The van der Waals surface area contributed by atoms with Gasteiger partial charge in [0, 0.05) is 24.4 Å². The molecule has 1 N–H and O–H groups in total. The van der Waals surface area contributed by atoms with Crippen molar-refractivity contribution in [2.24, 2.45) is 0 Å². The Morgan fingerprint density at radius 1 is 1.35 bits per heavy atom. The molecule has 1 rings (SSSR count). The number of hydrogen-bond acceptors (Lipinski definition) is 3. The molecule has 1 aromatic carbocycles. The van der Waals surface area contributed by atoms with Gasteiger partial charge in [-0.15, -0.1) is 12.3 Å². The predicted molar refractivity (Wildman–Crippen MR) is 70.7 cm³/mol. The van der Waals surface area contributed by atoms with E-state index >= 15 is 0 Å². The second kappa shape index (κ2) is 5.74. The van der Waals surface area contributed by atoms with Gasteiger partial charge in [0.1, 0.15) is 0 Å². The van der Waals surface area contributed by atoms with Gasteiger partial charge in [0.25, 0.3) is 0 Å². The van der Waals surface area contributed by atoms with Gasteiger partial charge in [-0.25, -0.2) is 8.42 Å². The van der Waals surface area contributed by atoms with Crippen molar-refractivity contribution in [3.8, 4) is 12.3 Å². The highest BCUT2D eigenvalue weighted by molar-refractivity contribution is 7.90. The first-order chi connectivity index (χ1) is 7.97. The number of nitrogens with one attached hydrogen (secondary N) is 1. The molecule has 0 saturated heterocycles. The van der Waals surface area contributed by atoms with Gasteiger partial charge in [-0.05, 0) is 30.7 Å². The summed E-state index contributed by atoms with van der Waals surface area (Å²) in [5.74, 6) is 2.62. The second-order valence-electron chi connectivity index (χ2n) is 3.95. The van der Waals surface area contributed by atoms with Gasteiger partial charge in [-0.1, -0.05) is 6.92 Å². The Labute approximate surface area is 103 Å². The van der Waals surface area contributed by atoms with E-state index in [2.05, 4.69) is 18.2 Å². The SMILES string of the molecule is C#CCC(CC)Nc1ccc(S(C)(=O)=O)cc1. The van der Waals surface area contributed by atoms with E-state index in [1.165, 1.54) is 6.26 Å². The van der Waals surface area contributed by atoms with Gasteiger partial charge in [-0.3, -0.25) is 0 Å². The van der Waals surface area contributed by atoms with Crippen LogP contribution in [0.2, 0.25) is 0 Å².